The molecule has 6 heteroatoms. The van der Waals surface area contributed by atoms with E-state index < -0.39 is 5.97 Å². The molecule has 0 aliphatic rings. The summed E-state index contributed by atoms with van der Waals surface area (Å²) >= 11 is 3.24. The zero-order valence-corrected chi connectivity index (χ0v) is 12.7. The molecule has 0 heterocycles. The highest BCUT2D eigenvalue weighted by Crippen LogP contribution is 2.24. The lowest BCUT2D eigenvalue weighted by atomic mass is 10.2. The molecule has 5 nitrogen and oxygen atoms in total. The van der Waals surface area contributed by atoms with Crippen LogP contribution in [0.15, 0.2) is 46.9 Å². The van der Waals surface area contributed by atoms with Crippen LogP contribution in [0.25, 0.3) is 0 Å². The second kappa shape index (κ2) is 6.41. The fourth-order valence-corrected chi connectivity index (χ4v) is 2.16. The molecule has 2 aromatic rings. The molecule has 0 saturated heterocycles. The summed E-state index contributed by atoms with van der Waals surface area (Å²) in [5.41, 5.74) is 1.12. The molecule has 2 N–H and O–H groups in total. The SMILES string of the molecule is COc1ccc(C(=O)Nc2ccc(C(=O)O)cc2Br)cc1. The zero-order valence-electron chi connectivity index (χ0n) is 11.1. The largest absolute Gasteiger partial charge is 0.497 e. The Labute approximate surface area is 129 Å². The van der Waals surface area contributed by atoms with Crippen molar-refractivity contribution in [2.24, 2.45) is 0 Å². The molecule has 0 spiro atoms. The Hall–Kier alpha value is -2.34. The van der Waals surface area contributed by atoms with Crippen LogP contribution in [0.4, 0.5) is 5.69 Å². The van der Waals surface area contributed by atoms with Crippen LogP contribution in [0.3, 0.4) is 0 Å². The van der Waals surface area contributed by atoms with E-state index in [0.717, 1.165) is 0 Å². The Bertz CT molecular complexity index is 683. The van der Waals surface area contributed by atoms with Crippen LogP contribution < -0.4 is 10.1 Å². The summed E-state index contributed by atoms with van der Waals surface area (Å²) in [5, 5.41) is 11.6. The van der Waals surface area contributed by atoms with Gasteiger partial charge in [-0.15, -0.1) is 0 Å². The number of carbonyl (C=O) groups is 2. The first-order chi connectivity index (χ1) is 10.0. The summed E-state index contributed by atoms with van der Waals surface area (Å²) < 4.78 is 5.53. The number of aromatic carboxylic acids is 1. The van der Waals surface area contributed by atoms with Crippen molar-refractivity contribution < 1.29 is 19.4 Å². The van der Waals surface area contributed by atoms with Crippen LogP contribution in [0, 0.1) is 0 Å². The number of amides is 1. The summed E-state index contributed by atoms with van der Waals surface area (Å²) in [6.07, 6.45) is 0. The van der Waals surface area contributed by atoms with Crippen LogP contribution in [0.5, 0.6) is 5.75 Å². The number of methoxy groups -OCH3 is 1. The van der Waals surface area contributed by atoms with Crippen LogP contribution in [0.1, 0.15) is 20.7 Å². The molecule has 2 aromatic carbocycles. The van der Waals surface area contributed by atoms with Crippen molar-refractivity contribution in [3.63, 3.8) is 0 Å². The average molecular weight is 350 g/mol. The topological polar surface area (TPSA) is 75.6 Å². The lowest BCUT2D eigenvalue weighted by Crippen LogP contribution is -2.12. The van der Waals surface area contributed by atoms with Gasteiger partial charge in [-0.25, -0.2) is 4.79 Å². The van der Waals surface area contributed by atoms with Gasteiger partial charge in [-0.2, -0.15) is 0 Å². The second-order valence-corrected chi connectivity index (χ2v) is 5.04. The lowest BCUT2D eigenvalue weighted by molar-refractivity contribution is 0.0696. The third kappa shape index (κ3) is 3.61. The minimum atomic E-state index is -1.02. The van der Waals surface area contributed by atoms with Gasteiger partial charge in [-0.3, -0.25) is 4.79 Å². The van der Waals surface area contributed by atoms with Crippen molar-refractivity contribution >= 4 is 33.5 Å². The number of benzene rings is 2. The standard InChI is InChI=1S/C15H12BrNO4/c1-21-11-5-2-9(3-6-11)14(18)17-13-7-4-10(15(19)20)8-12(13)16/h2-8H,1H3,(H,17,18)(H,19,20). The van der Waals surface area contributed by atoms with Crippen LogP contribution in [-0.2, 0) is 0 Å². The summed E-state index contributed by atoms with van der Waals surface area (Å²) in [7, 11) is 1.55. The first kappa shape index (κ1) is 15.1. The van der Waals surface area contributed by atoms with Gasteiger partial charge in [-0.05, 0) is 58.4 Å². The normalized spacial score (nSPS) is 10.0. The molecule has 0 radical (unpaired) electrons. The fourth-order valence-electron chi connectivity index (χ4n) is 1.69. The molecule has 2 rings (SSSR count). The number of carboxylic acid groups (broad SMARTS) is 1. The highest BCUT2D eigenvalue weighted by atomic mass is 79.9. The predicted molar refractivity (Wildman–Crippen MR) is 82.0 cm³/mol. The molecular formula is C15H12BrNO4. The maximum Gasteiger partial charge on any atom is 0.335 e. The van der Waals surface area contributed by atoms with E-state index in [-0.39, 0.29) is 11.5 Å². The van der Waals surface area contributed by atoms with E-state index in [1.807, 2.05) is 0 Å². The molecule has 1 amide bonds. The van der Waals surface area contributed by atoms with Gasteiger partial charge in [0.1, 0.15) is 5.75 Å². The third-order valence-corrected chi connectivity index (χ3v) is 3.47. The van der Waals surface area contributed by atoms with Crippen molar-refractivity contribution in [2.75, 3.05) is 12.4 Å². The minimum absolute atomic E-state index is 0.143. The number of ether oxygens (including phenoxy) is 1. The molecule has 0 fully saturated rings. The molecule has 0 aromatic heterocycles. The Morgan fingerprint density at radius 1 is 1.10 bits per heavy atom. The van der Waals surface area contributed by atoms with Crippen LogP contribution >= 0.6 is 15.9 Å². The Morgan fingerprint density at radius 2 is 1.71 bits per heavy atom. The van der Waals surface area contributed by atoms with Crippen molar-refractivity contribution in [1.82, 2.24) is 0 Å². The number of hydrogen-bond acceptors (Lipinski definition) is 3. The summed E-state index contributed by atoms with van der Waals surface area (Å²) in [5.74, 6) is -0.649. The van der Waals surface area contributed by atoms with E-state index in [1.165, 1.54) is 18.2 Å². The van der Waals surface area contributed by atoms with Gasteiger partial charge in [0.05, 0.1) is 18.4 Å². The number of carbonyl (C=O) groups excluding carboxylic acids is 1. The van der Waals surface area contributed by atoms with Gasteiger partial charge in [0.15, 0.2) is 0 Å². The summed E-state index contributed by atoms with van der Waals surface area (Å²) in [6.45, 7) is 0. The lowest BCUT2D eigenvalue weighted by Gasteiger charge is -2.08. The van der Waals surface area contributed by atoms with E-state index in [9.17, 15) is 9.59 Å². The smallest absolute Gasteiger partial charge is 0.335 e. The molecule has 0 aliphatic heterocycles. The van der Waals surface area contributed by atoms with Gasteiger partial charge in [0.2, 0.25) is 0 Å². The summed E-state index contributed by atoms with van der Waals surface area (Å²) in [6, 6.07) is 11.1. The van der Waals surface area contributed by atoms with Crippen LogP contribution in [0.2, 0.25) is 0 Å². The third-order valence-electron chi connectivity index (χ3n) is 2.82. The highest BCUT2D eigenvalue weighted by molar-refractivity contribution is 9.10. The van der Waals surface area contributed by atoms with E-state index in [1.54, 1.807) is 31.4 Å². The number of carboxylic acids is 1. The summed E-state index contributed by atoms with van der Waals surface area (Å²) in [4.78, 5) is 22.9. The van der Waals surface area contributed by atoms with Crippen molar-refractivity contribution in [2.45, 2.75) is 0 Å². The van der Waals surface area contributed by atoms with E-state index >= 15 is 0 Å². The van der Waals surface area contributed by atoms with E-state index in [4.69, 9.17) is 9.84 Å². The average Bonchev–Trinajstić information content (AvgIpc) is 2.49. The van der Waals surface area contributed by atoms with Gasteiger partial charge in [0, 0.05) is 10.0 Å². The Morgan fingerprint density at radius 3 is 2.24 bits per heavy atom. The maximum absolute atomic E-state index is 12.1. The molecule has 0 saturated carbocycles. The van der Waals surface area contributed by atoms with Gasteiger partial charge in [0.25, 0.3) is 5.91 Å². The molecule has 0 unspecified atom stereocenters. The molecule has 0 atom stereocenters. The number of hydrogen-bond donors (Lipinski definition) is 2. The van der Waals surface area contributed by atoms with Gasteiger partial charge < -0.3 is 15.2 Å². The van der Waals surface area contributed by atoms with E-state index in [2.05, 4.69) is 21.2 Å². The number of halogens is 1. The van der Waals surface area contributed by atoms with Crippen molar-refractivity contribution in [1.29, 1.82) is 0 Å². The van der Waals surface area contributed by atoms with Gasteiger partial charge in [-0.1, -0.05) is 0 Å². The maximum atomic E-state index is 12.1. The van der Waals surface area contributed by atoms with Crippen molar-refractivity contribution in [3.8, 4) is 5.75 Å². The molecule has 0 bridgehead atoms. The fraction of sp³-hybridized carbons (Fsp3) is 0.0667. The van der Waals surface area contributed by atoms with Gasteiger partial charge >= 0.3 is 5.97 Å². The number of rotatable bonds is 4. The highest BCUT2D eigenvalue weighted by Gasteiger charge is 2.11. The quantitative estimate of drug-likeness (QED) is 0.886. The van der Waals surface area contributed by atoms with Crippen molar-refractivity contribution in [3.05, 3.63) is 58.1 Å². The molecule has 108 valence electrons. The Balaban J connectivity index is 2.17. The first-order valence-electron chi connectivity index (χ1n) is 5.99. The molecular weight excluding hydrogens is 338 g/mol. The van der Waals surface area contributed by atoms with Crippen LogP contribution in [-0.4, -0.2) is 24.1 Å². The second-order valence-electron chi connectivity index (χ2n) is 4.18. The minimum Gasteiger partial charge on any atom is -0.497 e. The van der Waals surface area contributed by atoms with E-state index in [0.29, 0.717) is 21.5 Å². The Kier molecular flexibility index (Phi) is 4.59. The predicted octanol–water partition coefficient (Wildman–Crippen LogP) is 3.41. The molecule has 0 aliphatic carbocycles. The first-order valence-corrected chi connectivity index (χ1v) is 6.79. The zero-order chi connectivity index (χ0) is 15.4. The molecule has 21 heavy (non-hydrogen) atoms. The monoisotopic (exact) mass is 349 g/mol. The number of anilines is 1. The number of nitrogens with one attached hydrogen (secondary N) is 1.